The molecule has 0 bridgehead atoms. The van der Waals surface area contributed by atoms with Crippen LogP contribution in [0.25, 0.3) is 21.8 Å². The van der Waals surface area contributed by atoms with E-state index in [1.807, 2.05) is 0 Å². The van der Waals surface area contributed by atoms with Gasteiger partial charge in [-0.2, -0.15) is 0 Å². The summed E-state index contributed by atoms with van der Waals surface area (Å²) in [4.78, 5) is 3.52. The molecule has 0 aliphatic rings. The van der Waals surface area contributed by atoms with Crippen molar-refractivity contribution < 1.29 is 0 Å². The van der Waals surface area contributed by atoms with E-state index >= 15 is 0 Å². The molecule has 0 aliphatic heterocycles. The highest BCUT2D eigenvalue weighted by Gasteiger charge is 2.09. The number of hydrogen-bond donors (Lipinski definition) is 1. The topological polar surface area (TPSA) is 15.8 Å². The Kier molecular flexibility index (Phi) is 2.75. The molecule has 0 amide bonds. The lowest BCUT2D eigenvalue weighted by molar-refractivity contribution is 1.14. The summed E-state index contributed by atoms with van der Waals surface area (Å²) in [5, 5.41) is 2.58. The van der Waals surface area contributed by atoms with Crippen molar-refractivity contribution in [2.45, 2.75) is 13.3 Å². The molecule has 3 aromatic rings. The van der Waals surface area contributed by atoms with Gasteiger partial charge in [-0.1, -0.05) is 50.9 Å². The number of hydrogen-bond acceptors (Lipinski definition) is 0. The van der Waals surface area contributed by atoms with Crippen LogP contribution in [0, 0.1) is 0 Å². The lowest BCUT2D eigenvalue weighted by Gasteiger charge is -2.02. The Morgan fingerprint density at radius 3 is 2.59 bits per heavy atom. The quantitative estimate of drug-likeness (QED) is 0.602. The first-order valence-corrected chi connectivity index (χ1v) is 7.17. The number of H-pyrrole nitrogens is 1. The van der Waals surface area contributed by atoms with Crippen LogP contribution >= 0.6 is 31.9 Å². The van der Waals surface area contributed by atoms with Gasteiger partial charge < -0.3 is 4.98 Å². The second kappa shape index (κ2) is 4.14. The molecule has 0 atom stereocenters. The van der Waals surface area contributed by atoms with Crippen LogP contribution in [0.4, 0.5) is 0 Å². The third-order valence-corrected chi connectivity index (χ3v) is 4.38. The van der Waals surface area contributed by atoms with Gasteiger partial charge in [0.2, 0.25) is 0 Å². The first-order chi connectivity index (χ1) is 8.20. The minimum Gasteiger partial charge on any atom is -0.354 e. The highest BCUT2D eigenvalue weighted by atomic mass is 79.9. The highest BCUT2D eigenvalue weighted by molar-refractivity contribution is 9.10. The Labute approximate surface area is 116 Å². The SMILES string of the molecule is CCc1c(Br)ccc2c1[nH]c1cc(Br)ccc12. The summed E-state index contributed by atoms with van der Waals surface area (Å²) in [6, 6.07) is 10.7. The second-order valence-electron chi connectivity index (χ2n) is 4.12. The van der Waals surface area contributed by atoms with E-state index < -0.39 is 0 Å². The molecule has 2 aromatic carbocycles. The summed E-state index contributed by atoms with van der Waals surface area (Å²) in [5.41, 5.74) is 3.77. The van der Waals surface area contributed by atoms with E-state index in [9.17, 15) is 0 Å². The van der Waals surface area contributed by atoms with Crippen LogP contribution in [0.2, 0.25) is 0 Å². The minimum absolute atomic E-state index is 1.02. The van der Waals surface area contributed by atoms with Gasteiger partial charge in [-0.15, -0.1) is 0 Å². The van der Waals surface area contributed by atoms with E-state index in [1.54, 1.807) is 0 Å². The fourth-order valence-electron chi connectivity index (χ4n) is 2.32. The zero-order chi connectivity index (χ0) is 12.0. The fraction of sp³-hybridized carbons (Fsp3) is 0.143. The number of aromatic amines is 1. The van der Waals surface area contributed by atoms with Crippen molar-refractivity contribution in [3.8, 4) is 0 Å². The number of halogens is 2. The van der Waals surface area contributed by atoms with Gasteiger partial charge in [0.15, 0.2) is 0 Å². The molecule has 0 saturated heterocycles. The van der Waals surface area contributed by atoms with E-state index in [4.69, 9.17) is 0 Å². The van der Waals surface area contributed by atoms with Crippen molar-refractivity contribution in [2.24, 2.45) is 0 Å². The van der Waals surface area contributed by atoms with Crippen LogP contribution in [-0.2, 0) is 6.42 Å². The van der Waals surface area contributed by atoms with E-state index in [0.717, 1.165) is 10.9 Å². The summed E-state index contributed by atoms with van der Waals surface area (Å²) in [6.07, 6.45) is 1.02. The molecule has 0 radical (unpaired) electrons. The molecule has 3 rings (SSSR count). The normalized spacial score (nSPS) is 11.5. The van der Waals surface area contributed by atoms with Crippen molar-refractivity contribution in [3.63, 3.8) is 0 Å². The van der Waals surface area contributed by atoms with E-state index in [-0.39, 0.29) is 0 Å². The Bertz CT molecular complexity index is 713. The summed E-state index contributed by atoms with van der Waals surface area (Å²) in [5.74, 6) is 0. The van der Waals surface area contributed by atoms with E-state index in [0.29, 0.717) is 0 Å². The average molecular weight is 353 g/mol. The smallest absolute Gasteiger partial charge is 0.0508 e. The zero-order valence-corrected chi connectivity index (χ0v) is 12.5. The van der Waals surface area contributed by atoms with E-state index in [1.165, 1.54) is 31.8 Å². The molecule has 0 aliphatic carbocycles. The molecule has 0 saturated carbocycles. The van der Waals surface area contributed by atoms with Crippen LogP contribution in [0.15, 0.2) is 39.3 Å². The van der Waals surface area contributed by atoms with Crippen molar-refractivity contribution in [1.82, 2.24) is 4.98 Å². The van der Waals surface area contributed by atoms with Gasteiger partial charge in [-0.05, 0) is 30.2 Å². The van der Waals surface area contributed by atoms with Gasteiger partial charge in [-0.25, -0.2) is 0 Å². The molecule has 1 aromatic heterocycles. The highest BCUT2D eigenvalue weighted by Crippen LogP contribution is 2.33. The maximum Gasteiger partial charge on any atom is 0.0508 e. The third kappa shape index (κ3) is 1.72. The number of benzene rings is 2. The summed E-state index contributed by atoms with van der Waals surface area (Å²) in [6.45, 7) is 2.18. The zero-order valence-electron chi connectivity index (χ0n) is 9.35. The average Bonchev–Trinajstić information content (AvgIpc) is 2.66. The monoisotopic (exact) mass is 351 g/mol. The van der Waals surface area contributed by atoms with Crippen LogP contribution < -0.4 is 0 Å². The van der Waals surface area contributed by atoms with E-state index in [2.05, 4.69) is 74.1 Å². The number of rotatable bonds is 1. The van der Waals surface area contributed by atoms with Crippen molar-refractivity contribution in [1.29, 1.82) is 0 Å². The molecule has 3 heteroatoms. The predicted molar refractivity (Wildman–Crippen MR) is 80.6 cm³/mol. The van der Waals surface area contributed by atoms with Gasteiger partial charge in [-0.3, -0.25) is 0 Å². The standard InChI is InChI=1S/C14H11Br2N/c1-2-9-12(16)6-5-11-10-4-3-8(15)7-13(10)17-14(9)11/h3-7,17H,2H2,1H3. The largest absolute Gasteiger partial charge is 0.354 e. The van der Waals surface area contributed by atoms with Crippen molar-refractivity contribution >= 4 is 53.7 Å². The van der Waals surface area contributed by atoms with Crippen molar-refractivity contribution in [2.75, 3.05) is 0 Å². The number of nitrogens with one attached hydrogen (secondary N) is 1. The number of aryl methyl sites for hydroxylation is 1. The van der Waals surface area contributed by atoms with Crippen LogP contribution in [0.3, 0.4) is 0 Å². The summed E-state index contributed by atoms with van der Waals surface area (Å²) < 4.78 is 2.28. The minimum atomic E-state index is 1.02. The summed E-state index contributed by atoms with van der Waals surface area (Å²) in [7, 11) is 0. The fourth-order valence-corrected chi connectivity index (χ4v) is 3.30. The molecule has 1 heterocycles. The third-order valence-electron chi connectivity index (χ3n) is 3.14. The van der Waals surface area contributed by atoms with Gasteiger partial charge in [0.25, 0.3) is 0 Å². The lowest BCUT2D eigenvalue weighted by atomic mass is 10.1. The Hall–Kier alpha value is -0.800. The first kappa shape index (κ1) is 11.3. The second-order valence-corrected chi connectivity index (χ2v) is 5.89. The molecule has 0 fully saturated rings. The number of fused-ring (bicyclic) bond motifs is 3. The Morgan fingerprint density at radius 1 is 1.06 bits per heavy atom. The molecule has 17 heavy (non-hydrogen) atoms. The maximum absolute atomic E-state index is 3.62. The molecule has 0 unspecified atom stereocenters. The predicted octanol–water partition coefficient (Wildman–Crippen LogP) is 5.41. The molecule has 1 nitrogen and oxygen atoms in total. The Balaban J connectivity index is 2.50. The van der Waals surface area contributed by atoms with Gasteiger partial charge in [0.05, 0.1) is 5.52 Å². The molecular formula is C14H11Br2N. The maximum atomic E-state index is 3.62. The number of aromatic nitrogens is 1. The Morgan fingerprint density at radius 2 is 1.82 bits per heavy atom. The summed E-state index contributed by atoms with van der Waals surface area (Å²) >= 11 is 7.13. The van der Waals surface area contributed by atoms with Crippen molar-refractivity contribution in [3.05, 3.63) is 44.8 Å². The molecular weight excluding hydrogens is 342 g/mol. The van der Waals surface area contributed by atoms with Gasteiger partial charge >= 0.3 is 0 Å². The lowest BCUT2D eigenvalue weighted by Crippen LogP contribution is -1.84. The van der Waals surface area contributed by atoms with Gasteiger partial charge in [0, 0.05) is 25.2 Å². The van der Waals surface area contributed by atoms with Crippen LogP contribution in [-0.4, -0.2) is 4.98 Å². The molecule has 1 N–H and O–H groups in total. The van der Waals surface area contributed by atoms with Gasteiger partial charge in [0.1, 0.15) is 0 Å². The molecule has 0 spiro atoms. The van der Waals surface area contributed by atoms with Crippen LogP contribution in [0.5, 0.6) is 0 Å². The van der Waals surface area contributed by atoms with Crippen LogP contribution in [0.1, 0.15) is 12.5 Å². The molecule has 86 valence electrons. The first-order valence-electron chi connectivity index (χ1n) is 5.59.